The van der Waals surface area contributed by atoms with Crippen LogP contribution in [0.25, 0.3) is 21.3 Å². The zero-order valence-corrected chi connectivity index (χ0v) is 16.9. The molecular formula is C19H22IrNS. The molecule has 0 N–H and O–H groups in total. The van der Waals surface area contributed by atoms with Gasteiger partial charge in [-0.05, 0) is 27.9 Å². The van der Waals surface area contributed by atoms with Gasteiger partial charge in [0.1, 0.15) is 0 Å². The summed E-state index contributed by atoms with van der Waals surface area (Å²) in [6.07, 6.45) is 1.87. The number of pyridine rings is 1. The Kier molecular flexibility index (Phi) is 7.64. The molecule has 1 aromatic carbocycles. The predicted molar refractivity (Wildman–Crippen MR) is 95.4 cm³/mol. The maximum absolute atomic E-state index is 4.52. The average molecular weight is 489 g/mol. The van der Waals surface area contributed by atoms with Crippen LogP contribution < -0.4 is 0 Å². The van der Waals surface area contributed by atoms with E-state index in [9.17, 15) is 0 Å². The van der Waals surface area contributed by atoms with E-state index in [0.29, 0.717) is 0 Å². The van der Waals surface area contributed by atoms with Gasteiger partial charge in [0.05, 0.1) is 0 Å². The number of aromatic nitrogens is 1. The summed E-state index contributed by atoms with van der Waals surface area (Å²) in [6.45, 7) is 6.65. The van der Waals surface area contributed by atoms with E-state index in [-0.39, 0.29) is 40.4 Å². The van der Waals surface area contributed by atoms with Gasteiger partial charge in [-0.3, -0.25) is 0 Å². The first kappa shape index (κ1) is 21.0. The average Bonchev–Trinajstić information content (AvgIpc) is 2.86. The van der Waals surface area contributed by atoms with Crippen LogP contribution in [0.15, 0.2) is 41.9 Å². The van der Waals surface area contributed by atoms with Crippen LogP contribution >= 0.6 is 11.3 Å². The first-order valence-corrected chi connectivity index (χ1v) is 7.28. The van der Waals surface area contributed by atoms with E-state index >= 15 is 0 Å². The van der Waals surface area contributed by atoms with E-state index in [4.69, 9.17) is 0 Å². The molecule has 0 bridgehead atoms. The fourth-order valence-electron chi connectivity index (χ4n) is 2.15. The second-order valence-corrected chi connectivity index (χ2v) is 6.68. The summed E-state index contributed by atoms with van der Waals surface area (Å²) in [6, 6.07) is 14.0. The summed E-state index contributed by atoms with van der Waals surface area (Å²) in [5, 5.41) is 3.33. The van der Waals surface area contributed by atoms with Gasteiger partial charge in [-0.1, -0.05) is 26.8 Å². The predicted octanol–water partition coefficient (Wildman–Crippen LogP) is 5.96. The second-order valence-electron chi connectivity index (χ2n) is 5.73. The molecule has 2 aromatic heterocycles. The van der Waals surface area contributed by atoms with Gasteiger partial charge in [0.2, 0.25) is 0 Å². The Morgan fingerprint density at radius 3 is 2.36 bits per heavy atom. The van der Waals surface area contributed by atoms with E-state index in [1.54, 1.807) is 11.3 Å². The molecule has 118 valence electrons. The molecule has 2 heterocycles. The molecule has 0 aliphatic carbocycles. The standard InChI is InChI=1S/C17H16NS.2CH3.Ir/c1-17(2,3)13-6-4-12(5-7-13)16-14-9-11-19-15(14)8-10-18-16;;;/h4,6-11H,1-3H3;2*1H3;/q3*-1;+3. The zero-order chi connectivity index (χ0) is 13.5. The van der Waals surface area contributed by atoms with Crippen molar-refractivity contribution in [3.63, 3.8) is 0 Å². The summed E-state index contributed by atoms with van der Waals surface area (Å²) >= 11 is 1.75. The third-order valence-electron chi connectivity index (χ3n) is 3.31. The number of hydrogen-bond acceptors (Lipinski definition) is 2. The monoisotopic (exact) mass is 489 g/mol. The Hall–Kier alpha value is -1.02. The maximum Gasteiger partial charge on any atom is 3.00 e. The minimum Gasteiger partial charge on any atom is -0.358 e. The summed E-state index contributed by atoms with van der Waals surface area (Å²) in [5.41, 5.74) is 3.56. The molecule has 22 heavy (non-hydrogen) atoms. The first-order valence-electron chi connectivity index (χ1n) is 6.40. The van der Waals surface area contributed by atoms with E-state index in [0.717, 1.165) is 11.3 Å². The minimum atomic E-state index is 0. The fourth-order valence-corrected chi connectivity index (χ4v) is 2.93. The molecule has 0 aliphatic rings. The van der Waals surface area contributed by atoms with Crippen molar-refractivity contribution in [2.75, 3.05) is 0 Å². The van der Waals surface area contributed by atoms with Crippen molar-refractivity contribution in [1.29, 1.82) is 0 Å². The maximum atomic E-state index is 4.52. The summed E-state index contributed by atoms with van der Waals surface area (Å²) in [5.74, 6) is 0. The molecule has 0 unspecified atom stereocenters. The molecule has 0 saturated carbocycles. The number of fused-ring (bicyclic) bond motifs is 1. The first-order chi connectivity index (χ1) is 9.05. The van der Waals surface area contributed by atoms with Crippen LogP contribution in [0.4, 0.5) is 0 Å². The Bertz CT molecular complexity index is 708. The van der Waals surface area contributed by atoms with Gasteiger partial charge in [0, 0.05) is 10.9 Å². The van der Waals surface area contributed by atoms with Crippen molar-refractivity contribution in [2.24, 2.45) is 0 Å². The Morgan fingerprint density at radius 1 is 1.05 bits per heavy atom. The quantitative estimate of drug-likeness (QED) is 0.385. The smallest absolute Gasteiger partial charge is 0.358 e. The van der Waals surface area contributed by atoms with Crippen LogP contribution in [0.2, 0.25) is 0 Å². The van der Waals surface area contributed by atoms with Gasteiger partial charge < -0.3 is 19.8 Å². The van der Waals surface area contributed by atoms with Crippen LogP contribution in [0.5, 0.6) is 0 Å². The van der Waals surface area contributed by atoms with Gasteiger partial charge in [-0.25, -0.2) is 0 Å². The minimum absolute atomic E-state index is 0. The summed E-state index contributed by atoms with van der Waals surface area (Å²) in [7, 11) is 0. The van der Waals surface area contributed by atoms with Crippen molar-refractivity contribution in [1.82, 2.24) is 4.98 Å². The van der Waals surface area contributed by atoms with E-state index < -0.39 is 0 Å². The van der Waals surface area contributed by atoms with Crippen LogP contribution in [-0.4, -0.2) is 4.98 Å². The molecule has 0 spiro atoms. The molecule has 1 nitrogen and oxygen atoms in total. The number of rotatable bonds is 1. The van der Waals surface area contributed by atoms with E-state index in [1.807, 2.05) is 6.20 Å². The number of nitrogens with zero attached hydrogens (tertiary/aromatic N) is 1. The van der Waals surface area contributed by atoms with Gasteiger partial charge in [0.15, 0.2) is 0 Å². The summed E-state index contributed by atoms with van der Waals surface area (Å²) in [4.78, 5) is 4.52. The van der Waals surface area contributed by atoms with E-state index in [2.05, 4.69) is 67.5 Å². The van der Waals surface area contributed by atoms with Gasteiger partial charge in [0.25, 0.3) is 0 Å². The van der Waals surface area contributed by atoms with Gasteiger partial charge >= 0.3 is 20.1 Å². The number of benzene rings is 1. The molecule has 3 heteroatoms. The van der Waals surface area contributed by atoms with E-state index in [1.165, 1.54) is 15.6 Å². The van der Waals surface area contributed by atoms with Crippen molar-refractivity contribution >= 4 is 21.4 Å². The fraction of sp³-hybridized carbons (Fsp3) is 0.211. The van der Waals surface area contributed by atoms with Crippen molar-refractivity contribution < 1.29 is 20.1 Å². The molecular weight excluding hydrogens is 466 g/mol. The molecule has 0 fully saturated rings. The Labute approximate surface area is 152 Å². The molecule has 0 atom stereocenters. The molecule has 0 saturated heterocycles. The van der Waals surface area contributed by atoms with Gasteiger partial charge in [-0.15, -0.1) is 46.7 Å². The number of thiophene rings is 1. The molecule has 0 aliphatic heterocycles. The normalized spacial score (nSPS) is 10.3. The third kappa shape index (κ3) is 4.04. The number of hydrogen-bond donors (Lipinski definition) is 0. The topological polar surface area (TPSA) is 12.9 Å². The van der Waals surface area contributed by atoms with Crippen LogP contribution in [-0.2, 0) is 25.5 Å². The summed E-state index contributed by atoms with van der Waals surface area (Å²) < 4.78 is 1.28. The Morgan fingerprint density at radius 2 is 1.77 bits per heavy atom. The Balaban J connectivity index is 0.00000147. The van der Waals surface area contributed by atoms with Gasteiger partial charge in [-0.2, -0.15) is 0 Å². The zero-order valence-electron chi connectivity index (χ0n) is 13.7. The van der Waals surface area contributed by atoms with Crippen LogP contribution in [0, 0.1) is 20.9 Å². The molecule has 3 aromatic rings. The molecule has 0 radical (unpaired) electrons. The van der Waals surface area contributed by atoms with Crippen LogP contribution in [0.3, 0.4) is 0 Å². The SMILES string of the molecule is CC(C)(C)c1c[c-]c(-c2nccc3sccc23)cc1.[CH3-].[CH3-].[Ir+3]. The van der Waals surface area contributed by atoms with Crippen molar-refractivity contribution in [2.45, 2.75) is 26.2 Å². The van der Waals surface area contributed by atoms with Crippen LogP contribution in [0.1, 0.15) is 26.3 Å². The largest absolute Gasteiger partial charge is 3.00 e. The molecule has 3 rings (SSSR count). The molecule has 0 amide bonds. The third-order valence-corrected chi connectivity index (χ3v) is 4.20. The second kappa shape index (κ2) is 8.01. The van der Waals surface area contributed by atoms with Crippen molar-refractivity contribution in [3.05, 3.63) is 68.4 Å². The van der Waals surface area contributed by atoms with Crippen molar-refractivity contribution in [3.8, 4) is 11.3 Å².